The second-order valence-electron chi connectivity index (χ2n) is 10.7. The Kier molecular flexibility index (Phi) is 9.09. The van der Waals surface area contributed by atoms with E-state index in [4.69, 9.17) is 0 Å². The number of alkyl halides is 3. The van der Waals surface area contributed by atoms with Crippen LogP contribution in [-0.2, 0) is 12.6 Å². The van der Waals surface area contributed by atoms with Crippen LogP contribution in [0.25, 0.3) is 21.9 Å². The van der Waals surface area contributed by atoms with Crippen molar-refractivity contribution >= 4 is 10.8 Å². The van der Waals surface area contributed by atoms with Gasteiger partial charge in [-0.2, -0.15) is 13.2 Å². The molecule has 1 aliphatic rings. The van der Waals surface area contributed by atoms with Gasteiger partial charge in [0, 0.05) is 10.9 Å². The number of hydrogen-bond donors (Lipinski definition) is 0. The van der Waals surface area contributed by atoms with E-state index in [9.17, 15) is 13.2 Å². The van der Waals surface area contributed by atoms with Crippen LogP contribution in [0.1, 0.15) is 88.7 Å². The van der Waals surface area contributed by atoms with Crippen molar-refractivity contribution in [2.75, 3.05) is 0 Å². The van der Waals surface area contributed by atoms with E-state index < -0.39 is 11.7 Å². The summed E-state index contributed by atoms with van der Waals surface area (Å²) in [6, 6.07) is 14.1. The molecular formula is C32H38F4. The van der Waals surface area contributed by atoms with E-state index in [1.165, 1.54) is 88.3 Å². The van der Waals surface area contributed by atoms with Crippen molar-refractivity contribution in [3.63, 3.8) is 0 Å². The van der Waals surface area contributed by atoms with Crippen LogP contribution >= 0.6 is 0 Å². The Labute approximate surface area is 213 Å². The summed E-state index contributed by atoms with van der Waals surface area (Å²) in [6.07, 6.45) is 11.4. The van der Waals surface area contributed by atoms with Crippen LogP contribution in [-0.4, -0.2) is 0 Å². The highest BCUT2D eigenvalue weighted by molar-refractivity contribution is 5.88. The Morgan fingerprint density at radius 1 is 0.750 bits per heavy atom. The summed E-state index contributed by atoms with van der Waals surface area (Å²) in [5, 5.41) is 1.35. The summed E-state index contributed by atoms with van der Waals surface area (Å²) in [6.45, 7) is 2.26. The molecule has 0 aromatic heterocycles. The zero-order valence-corrected chi connectivity index (χ0v) is 21.3. The number of fused-ring (bicyclic) bond motifs is 1. The average Bonchev–Trinajstić information content (AvgIpc) is 2.88. The monoisotopic (exact) mass is 498 g/mol. The van der Waals surface area contributed by atoms with Crippen LogP contribution in [0.2, 0.25) is 0 Å². The fourth-order valence-electron chi connectivity index (χ4n) is 5.77. The molecule has 0 atom stereocenters. The minimum Gasteiger partial charge on any atom is -0.206 e. The summed E-state index contributed by atoms with van der Waals surface area (Å²) >= 11 is 0. The van der Waals surface area contributed by atoms with E-state index in [0.29, 0.717) is 16.5 Å². The molecule has 0 unspecified atom stereocenters. The molecule has 0 amide bonds. The lowest BCUT2D eigenvalue weighted by Gasteiger charge is -2.28. The van der Waals surface area contributed by atoms with Gasteiger partial charge in [-0.3, -0.25) is 0 Å². The van der Waals surface area contributed by atoms with E-state index >= 15 is 4.39 Å². The quantitative estimate of drug-likeness (QED) is 0.193. The first-order chi connectivity index (χ1) is 17.3. The Bertz CT molecular complexity index is 1110. The van der Waals surface area contributed by atoms with Crippen LogP contribution in [0.4, 0.5) is 17.6 Å². The Morgan fingerprint density at radius 2 is 1.42 bits per heavy atom. The molecule has 3 aromatic carbocycles. The van der Waals surface area contributed by atoms with Crippen molar-refractivity contribution in [2.45, 2.75) is 90.1 Å². The van der Waals surface area contributed by atoms with Crippen molar-refractivity contribution in [1.82, 2.24) is 0 Å². The topological polar surface area (TPSA) is 0 Å². The second-order valence-corrected chi connectivity index (χ2v) is 10.7. The van der Waals surface area contributed by atoms with Crippen LogP contribution in [0, 0.1) is 17.7 Å². The molecule has 1 fully saturated rings. The van der Waals surface area contributed by atoms with Gasteiger partial charge in [0.1, 0.15) is 5.82 Å². The molecule has 4 rings (SSSR count). The van der Waals surface area contributed by atoms with Gasteiger partial charge in [-0.05, 0) is 53.3 Å². The predicted octanol–water partition coefficient (Wildman–Crippen LogP) is 10.8. The van der Waals surface area contributed by atoms with Crippen LogP contribution in [0.3, 0.4) is 0 Å². The number of halogens is 4. The minimum atomic E-state index is -4.40. The number of benzene rings is 3. The first-order valence-corrected chi connectivity index (χ1v) is 13.7. The van der Waals surface area contributed by atoms with Gasteiger partial charge < -0.3 is 0 Å². The van der Waals surface area contributed by atoms with Crippen LogP contribution < -0.4 is 0 Å². The van der Waals surface area contributed by atoms with Crippen molar-refractivity contribution in [1.29, 1.82) is 0 Å². The van der Waals surface area contributed by atoms with Crippen molar-refractivity contribution in [2.24, 2.45) is 11.8 Å². The van der Waals surface area contributed by atoms with Gasteiger partial charge in [0.2, 0.25) is 0 Å². The van der Waals surface area contributed by atoms with E-state index in [1.54, 1.807) is 6.07 Å². The molecule has 3 aromatic rings. The summed E-state index contributed by atoms with van der Waals surface area (Å²) in [5.41, 5.74) is 1.27. The van der Waals surface area contributed by atoms with Gasteiger partial charge in [-0.15, -0.1) is 0 Å². The molecule has 0 bridgehead atoms. The molecule has 0 nitrogen and oxygen atoms in total. The van der Waals surface area contributed by atoms with E-state index in [1.807, 2.05) is 18.2 Å². The lowest BCUT2D eigenvalue weighted by molar-refractivity contribution is -0.137. The molecule has 36 heavy (non-hydrogen) atoms. The van der Waals surface area contributed by atoms with Gasteiger partial charge in [0.15, 0.2) is 0 Å². The molecule has 0 radical (unpaired) electrons. The summed E-state index contributed by atoms with van der Waals surface area (Å²) < 4.78 is 53.8. The smallest absolute Gasteiger partial charge is 0.206 e. The van der Waals surface area contributed by atoms with Gasteiger partial charge in [0.25, 0.3) is 0 Å². The third-order valence-corrected chi connectivity index (χ3v) is 8.07. The Balaban J connectivity index is 1.32. The zero-order valence-electron chi connectivity index (χ0n) is 21.3. The number of hydrogen-bond acceptors (Lipinski definition) is 0. The van der Waals surface area contributed by atoms with Gasteiger partial charge in [-0.25, -0.2) is 4.39 Å². The summed E-state index contributed by atoms with van der Waals surface area (Å²) in [4.78, 5) is 0. The Morgan fingerprint density at radius 3 is 2.08 bits per heavy atom. The van der Waals surface area contributed by atoms with Crippen molar-refractivity contribution in [3.8, 4) is 11.1 Å². The molecule has 1 aliphatic carbocycles. The summed E-state index contributed by atoms with van der Waals surface area (Å²) in [5.74, 6) is 1.33. The zero-order chi connectivity index (χ0) is 25.5. The average molecular weight is 499 g/mol. The lowest BCUT2D eigenvalue weighted by Crippen LogP contribution is -2.15. The summed E-state index contributed by atoms with van der Waals surface area (Å²) in [7, 11) is 0. The number of rotatable bonds is 10. The normalized spacial score (nSPS) is 18.6. The van der Waals surface area contributed by atoms with E-state index in [2.05, 4.69) is 13.0 Å². The highest BCUT2D eigenvalue weighted by atomic mass is 19.4. The maximum atomic E-state index is 15.3. The second kappa shape index (κ2) is 12.3. The fraction of sp³-hybridized carbons (Fsp3) is 0.500. The third kappa shape index (κ3) is 6.89. The third-order valence-electron chi connectivity index (χ3n) is 8.07. The minimum absolute atomic E-state index is 0.325. The number of aryl methyl sites for hydroxylation is 1. The molecular weight excluding hydrogens is 460 g/mol. The molecule has 0 saturated heterocycles. The molecule has 0 heterocycles. The maximum absolute atomic E-state index is 15.3. The standard InChI is InChI=1S/C32H38F4/c1-2-3-4-5-6-7-23-8-10-24(11-9-23)12-13-25-14-20-30-27(22-25)17-21-29(31(30)33)26-15-18-28(19-16-26)32(34,35)36/h14-24H,2-13H2,1H3/t23-,24-. The molecule has 4 heteroatoms. The maximum Gasteiger partial charge on any atom is 0.416 e. The highest BCUT2D eigenvalue weighted by Crippen LogP contribution is 2.36. The van der Waals surface area contributed by atoms with Gasteiger partial charge in [0.05, 0.1) is 5.56 Å². The molecule has 0 aliphatic heterocycles. The first kappa shape index (κ1) is 26.7. The molecule has 1 saturated carbocycles. The Hall–Kier alpha value is -2.36. The molecule has 194 valence electrons. The van der Waals surface area contributed by atoms with Gasteiger partial charge >= 0.3 is 6.18 Å². The number of unbranched alkanes of at least 4 members (excludes halogenated alkanes) is 4. The van der Waals surface area contributed by atoms with Crippen molar-refractivity contribution in [3.05, 3.63) is 71.5 Å². The fourth-order valence-corrected chi connectivity index (χ4v) is 5.77. The van der Waals surface area contributed by atoms with Gasteiger partial charge in [-0.1, -0.05) is 114 Å². The van der Waals surface area contributed by atoms with Crippen molar-refractivity contribution < 1.29 is 17.6 Å². The lowest BCUT2D eigenvalue weighted by atomic mass is 9.77. The first-order valence-electron chi connectivity index (χ1n) is 13.7. The molecule has 0 spiro atoms. The van der Waals surface area contributed by atoms with Crippen LogP contribution in [0.15, 0.2) is 54.6 Å². The SMILES string of the molecule is CCCCCCC[C@H]1CC[C@H](CCc2ccc3c(F)c(-c4ccc(C(F)(F)F)cc4)ccc3c2)CC1. The highest BCUT2D eigenvalue weighted by Gasteiger charge is 2.30. The largest absolute Gasteiger partial charge is 0.416 e. The van der Waals surface area contributed by atoms with Crippen LogP contribution in [0.5, 0.6) is 0 Å². The van der Waals surface area contributed by atoms with E-state index in [-0.39, 0.29) is 5.82 Å². The van der Waals surface area contributed by atoms with E-state index in [0.717, 1.165) is 35.8 Å². The predicted molar refractivity (Wildman–Crippen MR) is 141 cm³/mol. The molecule has 0 N–H and O–H groups in total.